The van der Waals surface area contributed by atoms with Crippen molar-refractivity contribution in [3.8, 4) is 18.1 Å². The summed E-state index contributed by atoms with van der Waals surface area (Å²) in [5.74, 6) is 3.85. The zero-order valence-electron chi connectivity index (χ0n) is 14.5. The van der Waals surface area contributed by atoms with E-state index in [0.717, 1.165) is 22.2 Å². The van der Waals surface area contributed by atoms with Gasteiger partial charge in [-0.2, -0.15) is 0 Å². The molecule has 0 bridgehead atoms. The Hall–Kier alpha value is -3.30. The normalized spacial score (nSPS) is 10.5. The van der Waals surface area contributed by atoms with Crippen LogP contribution < -0.4 is 15.8 Å². The van der Waals surface area contributed by atoms with E-state index < -0.39 is 0 Å². The lowest BCUT2D eigenvalue weighted by atomic mass is 10.1. The topological polar surface area (TPSA) is 82.3 Å². The van der Waals surface area contributed by atoms with E-state index in [0.29, 0.717) is 37.1 Å². The number of nitrogens with two attached hydrogens (primary N) is 1. The highest BCUT2D eigenvalue weighted by Crippen LogP contribution is 2.31. The minimum atomic E-state index is 0.429. The summed E-state index contributed by atoms with van der Waals surface area (Å²) < 4.78 is 11.0. The largest absolute Gasteiger partial charge is 0.489 e. The third kappa shape index (κ3) is 4.02. The molecular weight excluding hydrogens is 328 g/mol. The van der Waals surface area contributed by atoms with Crippen LogP contribution in [0.3, 0.4) is 0 Å². The number of fused-ring (bicyclic) bond motifs is 1. The quantitative estimate of drug-likeness (QED) is 0.387. The van der Waals surface area contributed by atoms with Crippen LogP contribution in [0, 0.1) is 12.3 Å². The molecular formula is C20H20N4O2. The molecule has 0 unspecified atom stereocenters. The molecule has 6 nitrogen and oxygen atoms in total. The Morgan fingerprint density at radius 3 is 2.88 bits per heavy atom. The zero-order chi connectivity index (χ0) is 18.4. The number of rotatable bonds is 7. The standard InChI is InChI=1S/C20H20N4O2/c1-3-14-6-5-7-15(10-14)24-20-16-11-17(21)19(26-9-8-25-4-2)12-18(16)22-13-23-20/h1,5-7,10-13H,4,8-9,21H2,2H3,(H,22,23,24). The molecule has 2 aromatic carbocycles. The fraction of sp³-hybridized carbons (Fsp3) is 0.200. The second kappa shape index (κ2) is 8.19. The smallest absolute Gasteiger partial charge is 0.144 e. The van der Waals surface area contributed by atoms with Gasteiger partial charge in [-0.25, -0.2) is 9.97 Å². The summed E-state index contributed by atoms with van der Waals surface area (Å²) in [6.45, 7) is 3.53. The van der Waals surface area contributed by atoms with Gasteiger partial charge >= 0.3 is 0 Å². The van der Waals surface area contributed by atoms with Gasteiger partial charge in [-0.3, -0.25) is 0 Å². The maximum atomic E-state index is 6.13. The first-order chi connectivity index (χ1) is 12.7. The zero-order valence-corrected chi connectivity index (χ0v) is 14.5. The van der Waals surface area contributed by atoms with Crippen LogP contribution in [0.25, 0.3) is 10.9 Å². The van der Waals surface area contributed by atoms with Crippen molar-refractivity contribution in [2.75, 3.05) is 30.9 Å². The lowest BCUT2D eigenvalue weighted by Crippen LogP contribution is -2.08. The van der Waals surface area contributed by atoms with Crippen LogP contribution in [0.1, 0.15) is 12.5 Å². The fourth-order valence-corrected chi connectivity index (χ4v) is 2.50. The van der Waals surface area contributed by atoms with Crippen molar-refractivity contribution >= 4 is 28.1 Å². The monoisotopic (exact) mass is 348 g/mol. The molecule has 0 amide bonds. The molecule has 132 valence electrons. The molecule has 6 heteroatoms. The minimum Gasteiger partial charge on any atom is -0.489 e. The fourth-order valence-electron chi connectivity index (χ4n) is 2.50. The van der Waals surface area contributed by atoms with Crippen LogP contribution in [0.5, 0.6) is 5.75 Å². The second-order valence-corrected chi connectivity index (χ2v) is 5.52. The van der Waals surface area contributed by atoms with Crippen LogP contribution in [0.15, 0.2) is 42.7 Å². The van der Waals surface area contributed by atoms with Crippen molar-refractivity contribution in [2.45, 2.75) is 6.92 Å². The molecule has 0 atom stereocenters. The summed E-state index contributed by atoms with van der Waals surface area (Å²) in [7, 11) is 0. The van der Waals surface area contributed by atoms with Crippen molar-refractivity contribution in [2.24, 2.45) is 0 Å². The van der Waals surface area contributed by atoms with E-state index in [-0.39, 0.29) is 0 Å². The number of nitrogens with one attached hydrogen (secondary N) is 1. The average molecular weight is 348 g/mol. The maximum absolute atomic E-state index is 6.13. The van der Waals surface area contributed by atoms with E-state index in [9.17, 15) is 0 Å². The Bertz CT molecular complexity index is 950. The van der Waals surface area contributed by atoms with E-state index in [2.05, 4.69) is 21.2 Å². The molecule has 3 N–H and O–H groups in total. The summed E-state index contributed by atoms with van der Waals surface area (Å²) >= 11 is 0. The first-order valence-corrected chi connectivity index (χ1v) is 8.29. The number of aromatic nitrogens is 2. The summed E-state index contributed by atoms with van der Waals surface area (Å²) in [6.07, 6.45) is 6.95. The Morgan fingerprint density at radius 1 is 1.19 bits per heavy atom. The Kier molecular flexibility index (Phi) is 5.52. The molecule has 0 radical (unpaired) electrons. The Labute approximate surface area is 152 Å². The molecule has 0 saturated carbocycles. The first kappa shape index (κ1) is 17.5. The number of nitrogen functional groups attached to an aromatic ring is 1. The number of benzene rings is 2. The van der Waals surface area contributed by atoms with Gasteiger partial charge in [0.05, 0.1) is 17.8 Å². The number of terminal acetylenes is 1. The van der Waals surface area contributed by atoms with Crippen molar-refractivity contribution in [1.82, 2.24) is 9.97 Å². The average Bonchev–Trinajstić information content (AvgIpc) is 2.66. The van der Waals surface area contributed by atoms with Gasteiger partial charge in [0, 0.05) is 29.3 Å². The summed E-state index contributed by atoms with van der Waals surface area (Å²) in [6, 6.07) is 11.2. The van der Waals surface area contributed by atoms with Crippen molar-refractivity contribution in [1.29, 1.82) is 0 Å². The van der Waals surface area contributed by atoms with Gasteiger partial charge in [-0.15, -0.1) is 6.42 Å². The number of nitrogens with zero attached hydrogens (tertiary/aromatic N) is 2. The van der Waals surface area contributed by atoms with Gasteiger partial charge in [0.15, 0.2) is 0 Å². The molecule has 0 aliphatic heterocycles. The molecule has 26 heavy (non-hydrogen) atoms. The molecule has 0 aliphatic rings. The molecule has 0 saturated heterocycles. The van der Waals surface area contributed by atoms with Gasteiger partial charge in [-0.05, 0) is 31.2 Å². The van der Waals surface area contributed by atoms with Crippen molar-refractivity contribution in [3.05, 3.63) is 48.3 Å². The van der Waals surface area contributed by atoms with Crippen LogP contribution >= 0.6 is 0 Å². The van der Waals surface area contributed by atoms with Crippen LogP contribution in [0.4, 0.5) is 17.2 Å². The van der Waals surface area contributed by atoms with E-state index in [4.69, 9.17) is 21.6 Å². The molecule has 3 rings (SSSR count). The van der Waals surface area contributed by atoms with Gasteiger partial charge in [0.25, 0.3) is 0 Å². The Morgan fingerprint density at radius 2 is 2.08 bits per heavy atom. The van der Waals surface area contributed by atoms with Gasteiger partial charge in [0.1, 0.15) is 24.5 Å². The highest BCUT2D eigenvalue weighted by Gasteiger charge is 2.10. The van der Waals surface area contributed by atoms with E-state index in [1.807, 2.05) is 31.2 Å². The lowest BCUT2D eigenvalue weighted by molar-refractivity contribution is 0.110. The highest BCUT2D eigenvalue weighted by molar-refractivity contribution is 5.94. The van der Waals surface area contributed by atoms with E-state index in [1.54, 1.807) is 12.1 Å². The predicted molar refractivity (Wildman–Crippen MR) is 104 cm³/mol. The molecule has 0 aliphatic carbocycles. The summed E-state index contributed by atoms with van der Waals surface area (Å²) in [5.41, 5.74) is 9.02. The number of hydrogen-bond donors (Lipinski definition) is 2. The minimum absolute atomic E-state index is 0.429. The van der Waals surface area contributed by atoms with Crippen LogP contribution in [0.2, 0.25) is 0 Å². The molecule has 0 fully saturated rings. The van der Waals surface area contributed by atoms with E-state index in [1.165, 1.54) is 6.33 Å². The predicted octanol–water partition coefficient (Wildman–Crippen LogP) is 3.35. The van der Waals surface area contributed by atoms with Crippen LogP contribution in [-0.4, -0.2) is 29.8 Å². The third-order valence-corrected chi connectivity index (χ3v) is 3.75. The van der Waals surface area contributed by atoms with E-state index >= 15 is 0 Å². The summed E-state index contributed by atoms with van der Waals surface area (Å²) in [5, 5.41) is 4.06. The van der Waals surface area contributed by atoms with Crippen molar-refractivity contribution < 1.29 is 9.47 Å². The number of ether oxygens (including phenoxy) is 2. The molecule has 0 spiro atoms. The molecule has 3 aromatic rings. The Balaban J connectivity index is 1.87. The van der Waals surface area contributed by atoms with Crippen LogP contribution in [-0.2, 0) is 4.74 Å². The van der Waals surface area contributed by atoms with Gasteiger partial charge in [-0.1, -0.05) is 12.0 Å². The lowest BCUT2D eigenvalue weighted by Gasteiger charge is -2.12. The SMILES string of the molecule is C#Cc1cccc(Nc2ncnc3cc(OCCOCC)c(N)cc23)c1. The van der Waals surface area contributed by atoms with Crippen molar-refractivity contribution in [3.63, 3.8) is 0 Å². The summed E-state index contributed by atoms with van der Waals surface area (Å²) in [4.78, 5) is 8.64. The molecule has 1 heterocycles. The molecule has 1 aromatic heterocycles. The first-order valence-electron chi connectivity index (χ1n) is 8.29. The number of hydrogen-bond acceptors (Lipinski definition) is 6. The highest BCUT2D eigenvalue weighted by atomic mass is 16.5. The number of anilines is 3. The van der Waals surface area contributed by atoms with Gasteiger partial charge in [0.2, 0.25) is 0 Å². The third-order valence-electron chi connectivity index (χ3n) is 3.75. The second-order valence-electron chi connectivity index (χ2n) is 5.52. The maximum Gasteiger partial charge on any atom is 0.144 e. The van der Waals surface area contributed by atoms with Gasteiger partial charge < -0.3 is 20.5 Å².